The molecule has 0 aromatic heterocycles. The predicted octanol–water partition coefficient (Wildman–Crippen LogP) is 3.18. The summed E-state index contributed by atoms with van der Waals surface area (Å²) < 4.78 is 0. The zero-order chi connectivity index (χ0) is 22.3. The van der Waals surface area contributed by atoms with Gasteiger partial charge in [0, 0.05) is 23.6 Å². The lowest BCUT2D eigenvalue weighted by Crippen LogP contribution is -2.38. The predicted molar refractivity (Wildman–Crippen MR) is 114 cm³/mol. The quantitative estimate of drug-likeness (QED) is 0.394. The van der Waals surface area contributed by atoms with Gasteiger partial charge in [-0.15, -0.1) is 0 Å². The first kappa shape index (κ1) is 27.4. The standard InChI is InChI=1S/C13H21NO3.C10H20O2/c1-13(2,3)14-7-12(17)9-4-5-11(16)10(6-9)8-15;1-2-3-4-5-6-7-8-9-10(11)12/h4-6,12,14-17H,7-8H2,1-3H3;2-9H2,1H3,(H,11,12)/p-1. The average Bonchev–Trinajstić information content (AvgIpc) is 2.65. The van der Waals surface area contributed by atoms with E-state index in [9.17, 15) is 20.1 Å². The highest BCUT2D eigenvalue weighted by Gasteiger charge is 2.14. The van der Waals surface area contributed by atoms with Crippen molar-refractivity contribution in [2.24, 2.45) is 0 Å². The highest BCUT2D eigenvalue weighted by Crippen LogP contribution is 2.22. The van der Waals surface area contributed by atoms with E-state index in [2.05, 4.69) is 12.2 Å². The van der Waals surface area contributed by atoms with Gasteiger partial charge in [-0.2, -0.15) is 0 Å². The van der Waals surface area contributed by atoms with Crippen LogP contribution in [-0.2, 0) is 11.4 Å². The Labute approximate surface area is 176 Å². The number of hydrogen-bond donors (Lipinski definition) is 4. The maximum absolute atomic E-state index is 10.0. The van der Waals surface area contributed by atoms with Crippen LogP contribution >= 0.6 is 0 Å². The van der Waals surface area contributed by atoms with Crippen LogP contribution in [0, 0.1) is 0 Å². The van der Waals surface area contributed by atoms with Gasteiger partial charge in [-0.1, -0.05) is 51.5 Å². The van der Waals surface area contributed by atoms with Crippen molar-refractivity contribution in [3.63, 3.8) is 0 Å². The molecular formula is C23H40NO5-. The van der Waals surface area contributed by atoms with Gasteiger partial charge in [0.05, 0.1) is 12.7 Å². The molecule has 1 rings (SSSR count). The monoisotopic (exact) mass is 410 g/mol. The van der Waals surface area contributed by atoms with Crippen molar-refractivity contribution in [3.05, 3.63) is 29.3 Å². The second-order valence-corrected chi connectivity index (χ2v) is 8.44. The third-order valence-electron chi connectivity index (χ3n) is 4.47. The molecule has 0 fully saturated rings. The van der Waals surface area contributed by atoms with Crippen molar-refractivity contribution in [1.82, 2.24) is 5.32 Å². The summed E-state index contributed by atoms with van der Waals surface area (Å²) in [5.74, 6) is -0.865. The number of nitrogens with one attached hydrogen (secondary N) is 1. The molecule has 0 aliphatic rings. The summed E-state index contributed by atoms with van der Waals surface area (Å²) >= 11 is 0. The molecule has 1 aromatic rings. The number of phenols is 1. The number of rotatable bonds is 12. The van der Waals surface area contributed by atoms with Gasteiger partial charge in [0.25, 0.3) is 0 Å². The van der Waals surface area contributed by atoms with Gasteiger partial charge in [0.15, 0.2) is 0 Å². The lowest BCUT2D eigenvalue weighted by molar-refractivity contribution is -0.305. The SMILES string of the molecule is CC(C)(C)NCC(O)c1ccc(O)c(CO)c1.CCCCCCCCCC(=O)[O-]. The first-order valence-electron chi connectivity index (χ1n) is 10.7. The van der Waals surface area contributed by atoms with Crippen LogP contribution in [0.15, 0.2) is 18.2 Å². The Kier molecular flexibility index (Phi) is 14.4. The van der Waals surface area contributed by atoms with Crippen molar-refractivity contribution in [2.75, 3.05) is 6.54 Å². The fourth-order valence-corrected chi connectivity index (χ4v) is 2.69. The third-order valence-corrected chi connectivity index (χ3v) is 4.47. The van der Waals surface area contributed by atoms with Gasteiger partial charge >= 0.3 is 0 Å². The van der Waals surface area contributed by atoms with E-state index < -0.39 is 12.1 Å². The first-order valence-corrected chi connectivity index (χ1v) is 10.7. The topological polar surface area (TPSA) is 113 Å². The maximum atomic E-state index is 10.0. The molecule has 168 valence electrons. The molecule has 6 heteroatoms. The highest BCUT2D eigenvalue weighted by atomic mass is 16.4. The van der Waals surface area contributed by atoms with Crippen molar-refractivity contribution in [3.8, 4) is 5.75 Å². The Morgan fingerprint density at radius 3 is 2.21 bits per heavy atom. The van der Waals surface area contributed by atoms with Crippen LogP contribution in [0.3, 0.4) is 0 Å². The Bertz CT molecular complexity index is 569. The van der Waals surface area contributed by atoms with Gasteiger partial charge in [0.1, 0.15) is 5.75 Å². The molecule has 0 radical (unpaired) electrons. The molecule has 29 heavy (non-hydrogen) atoms. The van der Waals surface area contributed by atoms with E-state index >= 15 is 0 Å². The van der Waals surface area contributed by atoms with E-state index in [1.807, 2.05) is 20.8 Å². The van der Waals surface area contributed by atoms with Crippen LogP contribution in [0.2, 0.25) is 0 Å². The van der Waals surface area contributed by atoms with Crippen LogP contribution in [0.25, 0.3) is 0 Å². The second kappa shape index (κ2) is 15.2. The number of carbonyl (C=O) groups is 1. The van der Waals surface area contributed by atoms with Gasteiger partial charge in [0.2, 0.25) is 0 Å². The van der Waals surface area contributed by atoms with Crippen molar-refractivity contribution >= 4 is 5.97 Å². The third kappa shape index (κ3) is 14.9. The van der Waals surface area contributed by atoms with E-state index in [1.54, 1.807) is 12.1 Å². The van der Waals surface area contributed by atoms with Gasteiger partial charge in [-0.3, -0.25) is 0 Å². The average molecular weight is 411 g/mol. The molecule has 0 heterocycles. The lowest BCUT2D eigenvalue weighted by Gasteiger charge is -2.23. The lowest BCUT2D eigenvalue weighted by atomic mass is 10.0. The van der Waals surface area contributed by atoms with Crippen molar-refractivity contribution in [2.45, 2.75) is 97.3 Å². The maximum Gasteiger partial charge on any atom is 0.121 e. The molecule has 4 N–H and O–H groups in total. The van der Waals surface area contributed by atoms with Crippen LogP contribution in [0.5, 0.6) is 5.75 Å². The summed E-state index contributed by atoms with van der Waals surface area (Å²) in [7, 11) is 0. The number of aromatic hydroxyl groups is 1. The van der Waals surface area contributed by atoms with Crippen LogP contribution in [-0.4, -0.2) is 33.4 Å². The largest absolute Gasteiger partial charge is 0.550 e. The molecule has 0 aliphatic carbocycles. The van der Waals surface area contributed by atoms with E-state index in [-0.39, 0.29) is 24.3 Å². The van der Waals surface area contributed by atoms with Gasteiger partial charge in [-0.05, 0) is 51.3 Å². The molecular weight excluding hydrogens is 370 g/mol. The number of aliphatic carboxylic acids is 1. The number of aliphatic hydroxyl groups is 2. The summed E-state index contributed by atoms with van der Waals surface area (Å²) in [6.07, 6.45) is 7.69. The zero-order valence-electron chi connectivity index (χ0n) is 18.5. The fraction of sp³-hybridized carbons (Fsp3) is 0.696. The van der Waals surface area contributed by atoms with E-state index in [0.29, 0.717) is 17.7 Å². The minimum Gasteiger partial charge on any atom is -0.550 e. The fourth-order valence-electron chi connectivity index (χ4n) is 2.69. The van der Waals surface area contributed by atoms with Crippen LogP contribution in [0.1, 0.15) is 96.3 Å². The molecule has 1 atom stereocenters. The number of unbranched alkanes of at least 4 members (excludes halogenated alkanes) is 6. The number of carbonyl (C=O) groups excluding carboxylic acids is 1. The molecule has 1 aromatic carbocycles. The van der Waals surface area contributed by atoms with E-state index in [0.717, 1.165) is 12.8 Å². The molecule has 0 saturated carbocycles. The molecule has 0 spiro atoms. The summed E-state index contributed by atoms with van der Waals surface area (Å²) in [5, 5.41) is 41.6. The Morgan fingerprint density at radius 2 is 1.69 bits per heavy atom. The molecule has 1 unspecified atom stereocenters. The summed E-state index contributed by atoms with van der Waals surface area (Å²) in [6, 6.07) is 4.76. The van der Waals surface area contributed by atoms with Gasteiger partial charge in [-0.25, -0.2) is 0 Å². The number of benzene rings is 1. The summed E-state index contributed by atoms with van der Waals surface area (Å²) in [6.45, 7) is 8.45. The first-order chi connectivity index (χ1) is 13.6. The zero-order valence-corrected chi connectivity index (χ0v) is 18.5. The van der Waals surface area contributed by atoms with Crippen LogP contribution < -0.4 is 10.4 Å². The number of carboxylic acids is 1. The summed E-state index contributed by atoms with van der Waals surface area (Å²) in [4.78, 5) is 10.0. The minimum absolute atomic E-state index is 0.0484. The normalized spacial score (nSPS) is 12.2. The highest BCUT2D eigenvalue weighted by molar-refractivity contribution is 5.64. The number of β-amino-alcohol motifs (C(OH)–C–C–N with tert-alkyl or cyclic N) is 1. The smallest absolute Gasteiger partial charge is 0.121 e. The number of hydrogen-bond acceptors (Lipinski definition) is 6. The Morgan fingerprint density at radius 1 is 1.10 bits per heavy atom. The van der Waals surface area contributed by atoms with Crippen molar-refractivity contribution < 1.29 is 25.2 Å². The number of aliphatic hydroxyl groups excluding tert-OH is 2. The molecule has 0 aliphatic heterocycles. The molecule has 0 amide bonds. The van der Waals surface area contributed by atoms with E-state index in [4.69, 9.17) is 5.11 Å². The Balaban J connectivity index is 0.000000578. The second-order valence-electron chi connectivity index (χ2n) is 8.44. The van der Waals surface area contributed by atoms with Gasteiger partial charge < -0.3 is 30.5 Å². The van der Waals surface area contributed by atoms with Crippen molar-refractivity contribution in [1.29, 1.82) is 0 Å². The summed E-state index contributed by atoms with van der Waals surface area (Å²) in [5.41, 5.74) is 1.05. The Hall–Kier alpha value is -1.63. The van der Waals surface area contributed by atoms with Crippen LogP contribution in [0.4, 0.5) is 0 Å². The molecule has 0 bridgehead atoms. The molecule has 6 nitrogen and oxygen atoms in total. The molecule has 0 saturated heterocycles. The number of carboxylic acid groups (broad SMARTS) is 1. The minimum atomic E-state index is -0.913. The van der Waals surface area contributed by atoms with E-state index in [1.165, 1.54) is 38.2 Å².